The molecule has 1 aliphatic heterocycles. The molecule has 2 heterocycles. The van der Waals surface area contributed by atoms with E-state index in [0.29, 0.717) is 23.6 Å². The molecular formula is C26H37N5O4. The summed E-state index contributed by atoms with van der Waals surface area (Å²) in [6.07, 6.45) is 5.61. The first kappa shape index (κ1) is 25.0. The van der Waals surface area contributed by atoms with Crippen molar-refractivity contribution in [2.45, 2.75) is 70.9 Å². The minimum Gasteiger partial charge on any atom is -0.481 e. The Labute approximate surface area is 206 Å². The van der Waals surface area contributed by atoms with Gasteiger partial charge in [-0.15, -0.1) is 0 Å². The maximum Gasteiger partial charge on any atom is 0.303 e. The van der Waals surface area contributed by atoms with Crippen LogP contribution in [0.3, 0.4) is 0 Å². The predicted molar refractivity (Wildman–Crippen MR) is 135 cm³/mol. The highest BCUT2D eigenvalue weighted by atomic mass is 16.5. The number of amides is 1. The number of aromatic amines is 1. The van der Waals surface area contributed by atoms with Crippen LogP contribution in [-0.2, 0) is 9.53 Å². The van der Waals surface area contributed by atoms with Crippen LogP contribution in [0.1, 0.15) is 74.8 Å². The Morgan fingerprint density at radius 2 is 1.94 bits per heavy atom. The van der Waals surface area contributed by atoms with Gasteiger partial charge in [0.25, 0.3) is 5.91 Å². The van der Waals surface area contributed by atoms with E-state index in [0.717, 1.165) is 62.4 Å². The molecule has 190 valence electrons. The van der Waals surface area contributed by atoms with Gasteiger partial charge in [0.15, 0.2) is 0 Å². The van der Waals surface area contributed by atoms with Gasteiger partial charge < -0.3 is 30.4 Å². The van der Waals surface area contributed by atoms with Crippen LogP contribution in [0.4, 0.5) is 17.3 Å². The van der Waals surface area contributed by atoms with E-state index in [1.165, 1.54) is 0 Å². The maximum absolute atomic E-state index is 12.4. The molecule has 1 saturated carbocycles. The van der Waals surface area contributed by atoms with Crippen molar-refractivity contribution in [3.05, 3.63) is 35.7 Å². The second-order valence-corrected chi connectivity index (χ2v) is 10.2. The summed E-state index contributed by atoms with van der Waals surface area (Å²) in [6.45, 7) is 8.71. The van der Waals surface area contributed by atoms with Crippen molar-refractivity contribution in [1.82, 2.24) is 15.3 Å². The molecule has 1 saturated heterocycles. The van der Waals surface area contributed by atoms with E-state index in [-0.39, 0.29) is 24.3 Å². The second-order valence-electron chi connectivity index (χ2n) is 10.2. The number of rotatable bonds is 11. The van der Waals surface area contributed by atoms with E-state index in [4.69, 9.17) is 4.74 Å². The summed E-state index contributed by atoms with van der Waals surface area (Å²) >= 11 is 0. The summed E-state index contributed by atoms with van der Waals surface area (Å²) in [7, 11) is 0. The molecule has 2 fully saturated rings. The van der Waals surface area contributed by atoms with Crippen molar-refractivity contribution in [1.29, 1.82) is 0 Å². The monoisotopic (exact) mass is 483 g/mol. The largest absolute Gasteiger partial charge is 0.481 e. The Balaban J connectivity index is 1.65. The number of ether oxygens (including phenoxy) is 1. The second kappa shape index (κ2) is 11.1. The van der Waals surface area contributed by atoms with Gasteiger partial charge in [-0.3, -0.25) is 9.59 Å². The zero-order valence-electron chi connectivity index (χ0n) is 20.8. The molecule has 1 atom stereocenters. The molecule has 35 heavy (non-hydrogen) atoms. The molecule has 1 amide bonds. The van der Waals surface area contributed by atoms with Gasteiger partial charge in [-0.1, -0.05) is 26.8 Å². The third kappa shape index (κ3) is 6.75. The molecule has 0 bridgehead atoms. The number of anilines is 3. The zero-order chi connectivity index (χ0) is 24.9. The summed E-state index contributed by atoms with van der Waals surface area (Å²) < 4.78 is 5.61. The third-order valence-corrected chi connectivity index (χ3v) is 6.55. The first-order valence-corrected chi connectivity index (χ1v) is 12.6. The van der Waals surface area contributed by atoms with Crippen LogP contribution < -0.4 is 15.5 Å². The van der Waals surface area contributed by atoms with Crippen LogP contribution in [-0.4, -0.2) is 58.8 Å². The fourth-order valence-electron chi connectivity index (χ4n) is 4.54. The van der Waals surface area contributed by atoms with Crippen molar-refractivity contribution < 1.29 is 19.4 Å². The Hall–Kier alpha value is -3.07. The van der Waals surface area contributed by atoms with Crippen molar-refractivity contribution in [3.8, 4) is 0 Å². The Kier molecular flexibility index (Phi) is 7.95. The van der Waals surface area contributed by atoms with Gasteiger partial charge in [0, 0.05) is 38.0 Å². The molecule has 9 heteroatoms. The van der Waals surface area contributed by atoms with Crippen molar-refractivity contribution in [3.63, 3.8) is 0 Å². The molecule has 1 aliphatic carbocycles. The average Bonchev–Trinajstić information content (AvgIpc) is 3.51. The quantitative estimate of drug-likeness (QED) is 0.377. The lowest BCUT2D eigenvalue weighted by molar-refractivity contribution is -0.137. The molecule has 1 aromatic carbocycles. The smallest absolute Gasteiger partial charge is 0.303 e. The molecule has 9 nitrogen and oxygen atoms in total. The highest BCUT2D eigenvalue weighted by molar-refractivity contribution is 5.93. The van der Waals surface area contributed by atoms with Gasteiger partial charge in [-0.05, 0) is 55.2 Å². The minimum atomic E-state index is -0.822. The number of aromatic nitrogens is 2. The highest BCUT2D eigenvalue weighted by Crippen LogP contribution is 2.36. The fraction of sp³-hybridized carbons (Fsp3) is 0.577. The molecular weight excluding hydrogens is 446 g/mol. The van der Waals surface area contributed by atoms with Crippen LogP contribution in [0.15, 0.2) is 24.4 Å². The first-order valence-electron chi connectivity index (χ1n) is 12.6. The van der Waals surface area contributed by atoms with Crippen molar-refractivity contribution >= 4 is 29.2 Å². The van der Waals surface area contributed by atoms with Crippen LogP contribution in [0, 0.1) is 5.92 Å². The minimum absolute atomic E-state index is 0.0562. The van der Waals surface area contributed by atoms with Crippen LogP contribution in [0.25, 0.3) is 0 Å². The van der Waals surface area contributed by atoms with Crippen molar-refractivity contribution in [2.75, 3.05) is 30.0 Å². The molecule has 0 radical (unpaired) electrons. The number of nitrogens with zero attached hydrogens (tertiary/aromatic N) is 2. The van der Waals surface area contributed by atoms with Gasteiger partial charge in [-0.2, -0.15) is 0 Å². The van der Waals surface area contributed by atoms with Crippen LogP contribution >= 0.6 is 0 Å². The van der Waals surface area contributed by atoms with Gasteiger partial charge >= 0.3 is 5.97 Å². The lowest BCUT2D eigenvalue weighted by Crippen LogP contribution is -2.42. The number of carbonyl (C=O) groups excluding carboxylic acids is 1. The van der Waals surface area contributed by atoms with Gasteiger partial charge in [0.1, 0.15) is 5.69 Å². The molecule has 2 aliphatic rings. The van der Waals surface area contributed by atoms with E-state index in [9.17, 15) is 14.7 Å². The standard InChI is InChI=1S/C26H37N5O4/c1-16(2)15-31(20-8-10-35-11-9-20)23-7-4-18(17(3)12-24(32)33)13-21(23)29-26-27-14-22(30-26)25(34)28-19-5-6-19/h4,7,13-14,16-17,19-20H,5-6,8-12,15H2,1-3H3,(H,28,34)(H,32,33)(H2,27,29,30)/t17-/m1/s1. The summed E-state index contributed by atoms with van der Waals surface area (Å²) in [5, 5.41) is 15.6. The summed E-state index contributed by atoms with van der Waals surface area (Å²) in [5.41, 5.74) is 3.17. The Morgan fingerprint density at radius 3 is 2.60 bits per heavy atom. The molecule has 2 aromatic rings. The number of H-pyrrole nitrogens is 1. The van der Waals surface area contributed by atoms with E-state index < -0.39 is 5.97 Å². The number of carboxylic acid groups (broad SMARTS) is 1. The summed E-state index contributed by atoms with van der Waals surface area (Å²) in [4.78, 5) is 33.7. The molecule has 1 aromatic heterocycles. The normalized spacial score (nSPS) is 17.3. The van der Waals surface area contributed by atoms with Gasteiger partial charge in [0.05, 0.1) is 17.8 Å². The fourth-order valence-corrected chi connectivity index (χ4v) is 4.54. The number of carboxylic acids is 1. The SMILES string of the molecule is CC(C)CN(c1ccc([C@H](C)CC(=O)O)cc1Nc1nc(C(=O)NC2CC2)c[nH]1)C1CCOCC1. The molecule has 0 spiro atoms. The van der Waals surface area contributed by atoms with E-state index in [1.807, 2.05) is 19.1 Å². The number of hydrogen-bond donors (Lipinski definition) is 4. The van der Waals surface area contributed by atoms with Crippen LogP contribution in [0.5, 0.6) is 0 Å². The van der Waals surface area contributed by atoms with Gasteiger partial charge in [-0.25, -0.2) is 4.98 Å². The summed E-state index contributed by atoms with van der Waals surface area (Å²) in [5.74, 6) is -0.203. The first-order chi connectivity index (χ1) is 16.8. The Morgan fingerprint density at radius 1 is 1.20 bits per heavy atom. The average molecular weight is 484 g/mol. The number of benzene rings is 1. The lowest BCUT2D eigenvalue weighted by atomic mass is 9.95. The third-order valence-electron chi connectivity index (χ3n) is 6.55. The van der Waals surface area contributed by atoms with E-state index in [2.05, 4.69) is 45.4 Å². The number of aliphatic carboxylic acids is 1. The topological polar surface area (TPSA) is 120 Å². The summed E-state index contributed by atoms with van der Waals surface area (Å²) in [6, 6.07) is 6.74. The van der Waals surface area contributed by atoms with E-state index in [1.54, 1.807) is 6.20 Å². The molecule has 4 rings (SSSR count). The maximum atomic E-state index is 12.4. The van der Waals surface area contributed by atoms with E-state index >= 15 is 0 Å². The molecule has 0 unspecified atom stereocenters. The lowest BCUT2D eigenvalue weighted by Gasteiger charge is -2.38. The molecule has 4 N–H and O–H groups in total. The number of imidazole rings is 1. The number of carbonyl (C=O) groups is 2. The van der Waals surface area contributed by atoms with Crippen molar-refractivity contribution in [2.24, 2.45) is 5.92 Å². The zero-order valence-corrected chi connectivity index (χ0v) is 20.8. The number of hydrogen-bond acceptors (Lipinski definition) is 6. The van der Waals surface area contributed by atoms with Gasteiger partial charge in [0.2, 0.25) is 5.95 Å². The van der Waals surface area contributed by atoms with Crippen LogP contribution in [0.2, 0.25) is 0 Å². The predicted octanol–water partition coefficient (Wildman–Crippen LogP) is 4.27. The highest BCUT2D eigenvalue weighted by Gasteiger charge is 2.27. The Bertz CT molecular complexity index is 1030. The number of nitrogens with one attached hydrogen (secondary N) is 3.